The summed E-state index contributed by atoms with van der Waals surface area (Å²) in [6.45, 7) is 1.46. The molecule has 0 saturated heterocycles. The van der Waals surface area contributed by atoms with Crippen molar-refractivity contribution in [1.82, 2.24) is 0 Å². The van der Waals surface area contributed by atoms with E-state index in [9.17, 15) is 10.1 Å². The molecule has 0 aliphatic heterocycles. The van der Waals surface area contributed by atoms with Gasteiger partial charge in [0.15, 0.2) is 0 Å². The van der Waals surface area contributed by atoms with Crippen LogP contribution in [-0.2, 0) is 0 Å². The number of hydrogen-bond donors (Lipinski definition) is 0. The Hall–Kier alpha value is -0.310. The summed E-state index contributed by atoms with van der Waals surface area (Å²) in [5, 5.41) is 10.2. The van der Waals surface area contributed by atoms with Gasteiger partial charge in [-0.15, -0.1) is 0 Å². The summed E-state index contributed by atoms with van der Waals surface area (Å²) in [7, 11) is 0. The van der Waals surface area contributed by atoms with Gasteiger partial charge in [-0.25, -0.2) is 0 Å². The van der Waals surface area contributed by atoms with E-state index in [1.165, 1.54) is 6.92 Å². The Morgan fingerprint density at radius 2 is 2.22 bits per heavy atom. The van der Waals surface area contributed by atoms with E-state index in [0.717, 1.165) is 12.8 Å². The first kappa shape index (κ1) is 6.81. The molecule has 1 fully saturated rings. The van der Waals surface area contributed by atoms with Gasteiger partial charge in [-0.1, -0.05) is 0 Å². The maximum absolute atomic E-state index is 10.2. The Balaban J connectivity index is 2.59. The summed E-state index contributed by atoms with van der Waals surface area (Å²) < 4.78 is 0. The second-order valence-corrected chi connectivity index (χ2v) is 3.32. The number of nitro groups is 1. The minimum absolute atomic E-state index is 0.106. The van der Waals surface area contributed by atoms with Crippen LogP contribution in [0.3, 0.4) is 0 Å². The average molecular weight is 150 g/mol. The molecule has 0 aromatic carbocycles. The van der Waals surface area contributed by atoms with Crippen molar-refractivity contribution in [3.63, 3.8) is 0 Å². The lowest BCUT2D eigenvalue weighted by atomic mass is 10.2. The fourth-order valence-corrected chi connectivity index (χ4v) is 0.978. The second-order valence-electron chi connectivity index (χ2n) is 2.56. The molecule has 9 heavy (non-hydrogen) atoms. The fraction of sp³-hybridized carbons (Fsp3) is 1.00. The number of hydrogen-bond acceptors (Lipinski definition) is 2. The quantitative estimate of drug-likeness (QED) is 0.259. The van der Waals surface area contributed by atoms with Crippen LogP contribution in [0, 0.1) is 16.0 Å². The molecule has 0 spiro atoms. The highest BCUT2D eigenvalue weighted by Gasteiger charge is 2.50. The zero-order chi connectivity index (χ0) is 7.07. The lowest BCUT2D eigenvalue weighted by Gasteiger charge is -2.09. The molecular formula is C5H8ClNO2. The van der Waals surface area contributed by atoms with Gasteiger partial charge in [0.1, 0.15) is 0 Å². The largest absolute Gasteiger partial charge is 0.294 e. The van der Waals surface area contributed by atoms with Gasteiger partial charge in [-0.05, 0) is 24.4 Å². The van der Waals surface area contributed by atoms with Crippen molar-refractivity contribution in [1.29, 1.82) is 0 Å². The van der Waals surface area contributed by atoms with Crippen LogP contribution in [0.15, 0.2) is 0 Å². The van der Waals surface area contributed by atoms with Crippen LogP contribution < -0.4 is 0 Å². The summed E-state index contributed by atoms with van der Waals surface area (Å²) in [6, 6.07) is 0. The van der Waals surface area contributed by atoms with Gasteiger partial charge < -0.3 is 0 Å². The molecule has 1 atom stereocenters. The fourth-order valence-electron chi connectivity index (χ4n) is 0.759. The Kier molecular flexibility index (Phi) is 1.39. The highest BCUT2D eigenvalue weighted by molar-refractivity contribution is 6.22. The highest BCUT2D eigenvalue weighted by atomic mass is 35.5. The van der Waals surface area contributed by atoms with Gasteiger partial charge in [0.25, 0.3) is 5.00 Å². The van der Waals surface area contributed by atoms with Crippen molar-refractivity contribution in [2.24, 2.45) is 5.92 Å². The zero-order valence-electron chi connectivity index (χ0n) is 5.13. The normalized spacial score (nSPS) is 25.1. The number of rotatable bonds is 2. The molecule has 1 aliphatic rings. The third-order valence-electron chi connectivity index (χ3n) is 1.68. The molecule has 0 heterocycles. The smallest absolute Gasteiger partial charge is 0.263 e. The van der Waals surface area contributed by atoms with Crippen LogP contribution in [0.5, 0.6) is 0 Å². The molecule has 0 bridgehead atoms. The van der Waals surface area contributed by atoms with Crippen molar-refractivity contribution in [3.05, 3.63) is 10.1 Å². The predicted molar refractivity (Wildman–Crippen MR) is 34.0 cm³/mol. The first-order valence-electron chi connectivity index (χ1n) is 2.88. The molecule has 0 N–H and O–H groups in total. The summed E-state index contributed by atoms with van der Waals surface area (Å²) in [6.07, 6.45) is 1.81. The molecule has 1 rings (SSSR count). The lowest BCUT2D eigenvalue weighted by Crippen LogP contribution is -2.29. The highest BCUT2D eigenvalue weighted by Crippen LogP contribution is 2.43. The van der Waals surface area contributed by atoms with Gasteiger partial charge in [0, 0.05) is 17.8 Å². The van der Waals surface area contributed by atoms with E-state index in [1.54, 1.807) is 0 Å². The molecular weight excluding hydrogens is 142 g/mol. The number of halogens is 1. The minimum Gasteiger partial charge on any atom is -0.263 e. The van der Waals surface area contributed by atoms with E-state index in [0.29, 0.717) is 0 Å². The summed E-state index contributed by atoms with van der Waals surface area (Å²) in [5.41, 5.74) is 0. The van der Waals surface area contributed by atoms with E-state index >= 15 is 0 Å². The van der Waals surface area contributed by atoms with Gasteiger partial charge in [0.05, 0.1) is 0 Å². The van der Waals surface area contributed by atoms with Crippen molar-refractivity contribution >= 4 is 11.6 Å². The van der Waals surface area contributed by atoms with E-state index in [4.69, 9.17) is 11.6 Å². The topological polar surface area (TPSA) is 43.1 Å². The van der Waals surface area contributed by atoms with Crippen molar-refractivity contribution in [2.45, 2.75) is 24.8 Å². The third-order valence-corrected chi connectivity index (χ3v) is 2.13. The van der Waals surface area contributed by atoms with Crippen LogP contribution in [0.1, 0.15) is 19.8 Å². The van der Waals surface area contributed by atoms with Gasteiger partial charge in [-0.2, -0.15) is 0 Å². The molecule has 0 aromatic rings. The van der Waals surface area contributed by atoms with Crippen LogP contribution in [0.2, 0.25) is 0 Å². The molecule has 0 aromatic heterocycles. The number of alkyl halides is 1. The Labute approximate surface area is 58.1 Å². The van der Waals surface area contributed by atoms with Crippen molar-refractivity contribution in [3.8, 4) is 0 Å². The van der Waals surface area contributed by atoms with E-state index in [2.05, 4.69) is 0 Å². The Bertz CT molecular complexity index is 142. The molecule has 1 unspecified atom stereocenters. The summed E-state index contributed by atoms with van der Waals surface area (Å²) >= 11 is 5.57. The van der Waals surface area contributed by atoms with Crippen LogP contribution >= 0.6 is 11.6 Å². The Morgan fingerprint density at radius 1 is 1.78 bits per heavy atom. The standard InChI is InChI=1S/C5H8ClNO2/c1-5(6,7(8)9)4-2-3-4/h4H,2-3H2,1H3. The summed E-state index contributed by atoms with van der Waals surface area (Å²) in [4.78, 5) is 8.57. The van der Waals surface area contributed by atoms with Gasteiger partial charge in [0.2, 0.25) is 0 Å². The SMILES string of the molecule is CC(Cl)(C1CC1)[N+](=O)[O-]. The minimum atomic E-state index is -1.19. The summed E-state index contributed by atoms with van der Waals surface area (Å²) in [5.74, 6) is 0.106. The number of nitrogens with zero attached hydrogens (tertiary/aromatic N) is 1. The first-order valence-corrected chi connectivity index (χ1v) is 3.26. The Morgan fingerprint density at radius 3 is 2.33 bits per heavy atom. The van der Waals surface area contributed by atoms with E-state index in [-0.39, 0.29) is 5.92 Å². The molecule has 52 valence electrons. The maximum Gasteiger partial charge on any atom is 0.294 e. The second kappa shape index (κ2) is 1.84. The van der Waals surface area contributed by atoms with Gasteiger partial charge >= 0.3 is 0 Å². The van der Waals surface area contributed by atoms with E-state index < -0.39 is 9.92 Å². The first-order chi connectivity index (χ1) is 4.05. The molecule has 1 aliphatic carbocycles. The van der Waals surface area contributed by atoms with Gasteiger partial charge in [-0.3, -0.25) is 10.1 Å². The molecule has 1 saturated carbocycles. The molecule has 0 radical (unpaired) electrons. The molecule has 3 nitrogen and oxygen atoms in total. The van der Waals surface area contributed by atoms with Crippen LogP contribution in [0.4, 0.5) is 0 Å². The predicted octanol–water partition coefficient (Wildman–Crippen LogP) is 1.63. The third kappa shape index (κ3) is 1.15. The zero-order valence-corrected chi connectivity index (χ0v) is 5.89. The van der Waals surface area contributed by atoms with Crippen LogP contribution in [0.25, 0.3) is 0 Å². The van der Waals surface area contributed by atoms with E-state index in [1.807, 2.05) is 0 Å². The average Bonchev–Trinajstić information content (AvgIpc) is 2.42. The molecule has 0 amide bonds. The monoisotopic (exact) mass is 149 g/mol. The van der Waals surface area contributed by atoms with Crippen LogP contribution in [-0.4, -0.2) is 9.92 Å². The lowest BCUT2D eigenvalue weighted by molar-refractivity contribution is -0.542. The van der Waals surface area contributed by atoms with Crippen molar-refractivity contribution in [2.75, 3.05) is 0 Å². The van der Waals surface area contributed by atoms with Crippen molar-refractivity contribution < 1.29 is 4.92 Å². The maximum atomic E-state index is 10.2. The molecule has 4 heteroatoms.